The van der Waals surface area contributed by atoms with Crippen LogP contribution < -0.4 is 9.47 Å². The van der Waals surface area contributed by atoms with Crippen molar-refractivity contribution in [2.45, 2.75) is 13.8 Å². The number of benzene rings is 1. The Morgan fingerprint density at radius 2 is 1.44 bits per heavy atom. The lowest BCUT2D eigenvalue weighted by atomic mass is 10.2. The van der Waals surface area contributed by atoms with Crippen LogP contribution in [0.2, 0.25) is 0 Å². The molecule has 1 N–H and O–H groups in total. The summed E-state index contributed by atoms with van der Waals surface area (Å²) in [7, 11) is 0. The molecule has 0 unspecified atom stereocenters. The fraction of sp³-hybridized carbons (Fsp3) is 0.182. The van der Waals surface area contributed by atoms with Crippen molar-refractivity contribution >= 4 is 33.8 Å². The third kappa shape index (κ3) is 3.56. The molecule has 0 atom stereocenters. The highest BCUT2D eigenvalue weighted by Gasteiger charge is 2.17. The third-order valence-corrected chi connectivity index (χ3v) is 2.54. The molecule has 0 aliphatic carbocycles. The monoisotopic (exact) mass is 316 g/mol. The van der Waals surface area contributed by atoms with Crippen LogP contribution in [0, 0.1) is 0 Å². The SMILES string of the molecule is CC(=O)Oc1cc(C(=O)O)cc(OC(C)=O)c1Br. The first-order valence-corrected chi connectivity index (χ1v) is 5.54. The van der Waals surface area contributed by atoms with E-state index in [0.29, 0.717) is 0 Å². The van der Waals surface area contributed by atoms with E-state index in [4.69, 9.17) is 14.6 Å². The molecule has 0 radical (unpaired) electrons. The molecule has 18 heavy (non-hydrogen) atoms. The van der Waals surface area contributed by atoms with Crippen LogP contribution in [0.1, 0.15) is 24.2 Å². The van der Waals surface area contributed by atoms with E-state index in [1.807, 2.05) is 0 Å². The number of esters is 2. The van der Waals surface area contributed by atoms with Crippen molar-refractivity contribution in [3.8, 4) is 11.5 Å². The lowest BCUT2D eigenvalue weighted by molar-refractivity contribution is -0.132. The maximum atomic E-state index is 10.9. The molecule has 0 fully saturated rings. The first-order chi connectivity index (χ1) is 8.31. The summed E-state index contributed by atoms with van der Waals surface area (Å²) in [5.41, 5.74) is -0.161. The highest BCUT2D eigenvalue weighted by molar-refractivity contribution is 9.10. The zero-order valence-electron chi connectivity index (χ0n) is 9.52. The summed E-state index contributed by atoms with van der Waals surface area (Å²) >= 11 is 3.07. The molecule has 0 aromatic heterocycles. The summed E-state index contributed by atoms with van der Waals surface area (Å²) in [6, 6.07) is 2.31. The van der Waals surface area contributed by atoms with Crippen molar-refractivity contribution in [2.24, 2.45) is 0 Å². The van der Waals surface area contributed by atoms with Crippen molar-refractivity contribution in [3.63, 3.8) is 0 Å². The Bertz CT molecular complexity index is 485. The number of carbonyl (C=O) groups is 3. The lowest BCUT2D eigenvalue weighted by Gasteiger charge is -2.10. The summed E-state index contributed by atoms with van der Waals surface area (Å²) in [5.74, 6) is -2.53. The van der Waals surface area contributed by atoms with E-state index in [1.165, 1.54) is 13.8 Å². The number of carbonyl (C=O) groups excluding carboxylic acids is 2. The van der Waals surface area contributed by atoms with Gasteiger partial charge in [0.1, 0.15) is 16.0 Å². The molecule has 1 aromatic carbocycles. The summed E-state index contributed by atoms with van der Waals surface area (Å²) in [6.45, 7) is 2.34. The number of hydrogen-bond donors (Lipinski definition) is 1. The molecule has 0 bridgehead atoms. The molecule has 0 heterocycles. The maximum absolute atomic E-state index is 10.9. The average Bonchev–Trinajstić information content (AvgIpc) is 2.22. The van der Waals surface area contributed by atoms with Gasteiger partial charge in [0, 0.05) is 13.8 Å². The first-order valence-electron chi connectivity index (χ1n) is 4.75. The van der Waals surface area contributed by atoms with Crippen LogP contribution in [-0.4, -0.2) is 23.0 Å². The largest absolute Gasteiger partial charge is 0.478 e. The minimum Gasteiger partial charge on any atom is -0.478 e. The molecule has 1 rings (SSSR count). The second-order valence-electron chi connectivity index (χ2n) is 3.28. The second-order valence-corrected chi connectivity index (χ2v) is 4.07. The zero-order chi connectivity index (χ0) is 13.9. The van der Waals surface area contributed by atoms with Gasteiger partial charge in [-0.25, -0.2) is 4.79 Å². The Balaban J connectivity index is 3.32. The molecule has 6 nitrogen and oxygen atoms in total. The number of carboxylic acids is 1. The van der Waals surface area contributed by atoms with Crippen molar-refractivity contribution < 1.29 is 29.0 Å². The maximum Gasteiger partial charge on any atom is 0.335 e. The number of ether oxygens (including phenoxy) is 2. The van der Waals surface area contributed by atoms with Crippen LogP contribution >= 0.6 is 15.9 Å². The summed E-state index contributed by atoms with van der Waals surface area (Å²) in [6.07, 6.45) is 0. The van der Waals surface area contributed by atoms with Gasteiger partial charge in [-0.3, -0.25) is 9.59 Å². The molecule has 96 valence electrons. The van der Waals surface area contributed by atoms with Gasteiger partial charge in [0.05, 0.1) is 5.56 Å². The molecular formula is C11H9BrO6. The Morgan fingerprint density at radius 1 is 1.06 bits per heavy atom. The van der Waals surface area contributed by atoms with Crippen molar-refractivity contribution in [1.29, 1.82) is 0 Å². The predicted octanol–water partition coefficient (Wildman–Crippen LogP) is 2.00. The van der Waals surface area contributed by atoms with E-state index in [-0.39, 0.29) is 21.5 Å². The van der Waals surface area contributed by atoms with Gasteiger partial charge in [-0.15, -0.1) is 0 Å². The molecule has 0 aliphatic rings. The van der Waals surface area contributed by atoms with Gasteiger partial charge in [-0.2, -0.15) is 0 Å². The fourth-order valence-corrected chi connectivity index (χ4v) is 1.54. The van der Waals surface area contributed by atoms with Crippen molar-refractivity contribution in [1.82, 2.24) is 0 Å². The highest BCUT2D eigenvalue weighted by atomic mass is 79.9. The van der Waals surface area contributed by atoms with Crippen LogP contribution in [0.5, 0.6) is 11.5 Å². The van der Waals surface area contributed by atoms with Crippen LogP contribution in [0.4, 0.5) is 0 Å². The molecular weight excluding hydrogens is 308 g/mol. The first kappa shape index (κ1) is 14.2. The second kappa shape index (κ2) is 5.63. The topological polar surface area (TPSA) is 89.9 Å². The van der Waals surface area contributed by atoms with Gasteiger partial charge >= 0.3 is 17.9 Å². The van der Waals surface area contributed by atoms with Gasteiger partial charge in [0.15, 0.2) is 0 Å². The van der Waals surface area contributed by atoms with E-state index < -0.39 is 17.9 Å². The quantitative estimate of drug-likeness (QED) is 0.677. The molecule has 7 heteroatoms. The van der Waals surface area contributed by atoms with Gasteiger partial charge in [-0.05, 0) is 28.1 Å². The Labute approximate surface area is 111 Å². The van der Waals surface area contributed by atoms with Gasteiger partial charge in [0.2, 0.25) is 0 Å². The normalized spacial score (nSPS) is 9.72. The minimum absolute atomic E-state index is 0.0290. The van der Waals surface area contributed by atoms with E-state index >= 15 is 0 Å². The smallest absolute Gasteiger partial charge is 0.335 e. The highest BCUT2D eigenvalue weighted by Crippen LogP contribution is 2.36. The molecule has 0 saturated heterocycles. The van der Waals surface area contributed by atoms with Gasteiger partial charge in [-0.1, -0.05) is 0 Å². The lowest BCUT2D eigenvalue weighted by Crippen LogP contribution is -2.08. The Morgan fingerprint density at radius 3 is 1.72 bits per heavy atom. The average molecular weight is 317 g/mol. The number of aromatic carboxylic acids is 1. The Hall–Kier alpha value is -1.89. The van der Waals surface area contributed by atoms with Crippen LogP contribution in [0.15, 0.2) is 16.6 Å². The van der Waals surface area contributed by atoms with E-state index in [9.17, 15) is 14.4 Å². The Kier molecular flexibility index (Phi) is 4.43. The van der Waals surface area contributed by atoms with Crippen LogP contribution in [0.25, 0.3) is 0 Å². The summed E-state index contributed by atoms with van der Waals surface area (Å²) < 4.78 is 9.83. The molecule has 0 aliphatic heterocycles. The third-order valence-electron chi connectivity index (χ3n) is 1.76. The summed E-state index contributed by atoms with van der Waals surface area (Å²) in [5, 5.41) is 8.90. The van der Waals surface area contributed by atoms with E-state index in [2.05, 4.69) is 15.9 Å². The standard InChI is InChI=1S/C11H9BrO6/c1-5(13)17-8-3-7(11(15)16)4-9(10(8)12)18-6(2)14/h3-4H,1-2H3,(H,15,16). The number of hydrogen-bond acceptors (Lipinski definition) is 5. The zero-order valence-corrected chi connectivity index (χ0v) is 11.1. The van der Waals surface area contributed by atoms with Gasteiger partial charge < -0.3 is 14.6 Å². The van der Waals surface area contributed by atoms with Crippen molar-refractivity contribution in [2.75, 3.05) is 0 Å². The fourth-order valence-electron chi connectivity index (χ4n) is 1.15. The number of rotatable bonds is 3. The van der Waals surface area contributed by atoms with Gasteiger partial charge in [0.25, 0.3) is 0 Å². The predicted molar refractivity (Wildman–Crippen MR) is 63.7 cm³/mol. The molecule has 0 spiro atoms. The van der Waals surface area contributed by atoms with Crippen LogP contribution in [-0.2, 0) is 9.59 Å². The van der Waals surface area contributed by atoms with Crippen molar-refractivity contribution in [3.05, 3.63) is 22.2 Å². The molecule has 0 saturated carbocycles. The van der Waals surface area contributed by atoms with E-state index in [1.54, 1.807) is 0 Å². The minimum atomic E-state index is -1.23. The van der Waals surface area contributed by atoms with Crippen LogP contribution in [0.3, 0.4) is 0 Å². The number of carboxylic acid groups (broad SMARTS) is 1. The number of halogens is 1. The summed E-state index contributed by atoms with van der Waals surface area (Å²) in [4.78, 5) is 32.7. The molecule has 1 aromatic rings. The molecule has 0 amide bonds. The van der Waals surface area contributed by atoms with E-state index in [0.717, 1.165) is 12.1 Å².